The fourth-order valence-corrected chi connectivity index (χ4v) is 8.51. The van der Waals surface area contributed by atoms with Gasteiger partial charge in [-0.1, -0.05) is 140 Å². The molecular formula is C52H34N2O. The summed E-state index contributed by atoms with van der Waals surface area (Å²) in [6.07, 6.45) is 0. The highest BCUT2D eigenvalue weighted by Gasteiger charge is 2.19. The van der Waals surface area contributed by atoms with Crippen LogP contribution >= 0.6 is 0 Å². The van der Waals surface area contributed by atoms with Gasteiger partial charge in [-0.05, 0) is 99.8 Å². The van der Waals surface area contributed by atoms with Gasteiger partial charge < -0.3 is 13.9 Å². The minimum Gasteiger partial charge on any atom is -0.456 e. The molecule has 0 bridgehead atoms. The fraction of sp³-hybridized carbons (Fsp3) is 0. The zero-order valence-corrected chi connectivity index (χ0v) is 29.9. The highest BCUT2D eigenvalue weighted by atomic mass is 16.3. The summed E-state index contributed by atoms with van der Waals surface area (Å²) in [5.41, 5.74) is 13.2. The molecule has 0 spiro atoms. The maximum Gasteiger partial charge on any atom is 0.136 e. The van der Waals surface area contributed by atoms with Gasteiger partial charge in [-0.25, -0.2) is 0 Å². The van der Waals surface area contributed by atoms with Crippen LogP contribution in [0.4, 0.5) is 17.1 Å². The second kappa shape index (κ2) is 12.6. The van der Waals surface area contributed by atoms with Crippen LogP contribution in [-0.2, 0) is 0 Å². The number of aromatic nitrogens is 1. The Hall–Kier alpha value is -7.36. The number of nitrogens with zero attached hydrogens (tertiary/aromatic N) is 2. The minimum atomic E-state index is 0.892. The molecule has 2 aromatic heterocycles. The molecule has 0 aliphatic heterocycles. The molecule has 3 heteroatoms. The van der Waals surface area contributed by atoms with Crippen molar-refractivity contribution in [2.45, 2.75) is 0 Å². The van der Waals surface area contributed by atoms with E-state index in [1.165, 1.54) is 43.7 Å². The Bertz CT molecular complexity index is 3160. The molecule has 0 amide bonds. The first kappa shape index (κ1) is 31.2. The molecule has 0 unspecified atom stereocenters. The summed E-state index contributed by atoms with van der Waals surface area (Å²) < 4.78 is 8.69. The van der Waals surface area contributed by atoms with E-state index in [0.29, 0.717) is 0 Å². The minimum absolute atomic E-state index is 0.892. The second-order valence-corrected chi connectivity index (χ2v) is 14.1. The number of fused-ring (bicyclic) bond motifs is 7. The number of para-hydroxylation sites is 3. The van der Waals surface area contributed by atoms with E-state index in [4.69, 9.17) is 4.42 Å². The Morgan fingerprint density at radius 2 is 0.945 bits per heavy atom. The summed E-state index contributed by atoms with van der Waals surface area (Å²) in [5, 5.41) is 7.25. The molecule has 3 nitrogen and oxygen atoms in total. The van der Waals surface area contributed by atoms with E-state index in [0.717, 1.165) is 55.8 Å². The van der Waals surface area contributed by atoms with Gasteiger partial charge >= 0.3 is 0 Å². The van der Waals surface area contributed by atoms with Gasteiger partial charge in [-0.15, -0.1) is 0 Å². The molecule has 0 aliphatic carbocycles. The third-order valence-electron chi connectivity index (χ3n) is 11.0. The predicted molar refractivity (Wildman–Crippen MR) is 231 cm³/mol. The molecule has 11 aromatic rings. The van der Waals surface area contributed by atoms with Crippen LogP contribution in [0.5, 0.6) is 0 Å². The fourth-order valence-electron chi connectivity index (χ4n) is 8.51. The van der Waals surface area contributed by atoms with Crippen LogP contribution in [-0.4, -0.2) is 4.57 Å². The van der Waals surface area contributed by atoms with Crippen LogP contribution in [0, 0.1) is 0 Å². The quantitative estimate of drug-likeness (QED) is 0.172. The number of anilines is 3. The Morgan fingerprint density at radius 3 is 1.75 bits per heavy atom. The molecule has 0 aliphatic rings. The van der Waals surface area contributed by atoms with Crippen LogP contribution in [0.25, 0.3) is 82.5 Å². The van der Waals surface area contributed by atoms with Gasteiger partial charge in [0, 0.05) is 44.3 Å². The molecule has 9 aromatic carbocycles. The Morgan fingerprint density at radius 1 is 0.364 bits per heavy atom. The summed E-state index contributed by atoms with van der Waals surface area (Å²) in [4.78, 5) is 2.38. The first-order valence-electron chi connectivity index (χ1n) is 18.8. The molecule has 0 atom stereocenters. The summed E-state index contributed by atoms with van der Waals surface area (Å²) in [6.45, 7) is 0. The number of furan rings is 1. The highest BCUT2D eigenvalue weighted by Crippen LogP contribution is 2.42. The monoisotopic (exact) mass is 702 g/mol. The van der Waals surface area contributed by atoms with Crippen molar-refractivity contribution in [2.24, 2.45) is 0 Å². The smallest absolute Gasteiger partial charge is 0.136 e. The molecule has 0 saturated heterocycles. The normalized spacial score (nSPS) is 11.6. The highest BCUT2D eigenvalue weighted by molar-refractivity contribution is 6.13. The van der Waals surface area contributed by atoms with E-state index in [2.05, 4.69) is 204 Å². The van der Waals surface area contributed by atoms with Crippen LogP contribution < -0.4 is 4.90 Å². The molecule has 258 valence electrons. The topological polar surface area (TPSA) is 21.3 Å². The van der Waals surface area contributed by atoms with Gasteiger partial charge in [-0.3, -0.25) is 0 Å². The van der Waals surface area contributed by atoms with Crippen molar-refractivity contribution in [1.29, 1.82) is 0 Å². The average Bonchev–Trinajstić information content (AvgIpc) is 3.80. The van der Waals surface area contributed by atoms with E-state index in [-0.39, 0.29) is 0 Å². The first-order valence-corrected chi connectivity index (χ1v) is 18.8. The van der Waals surface area contributed by atoms with Crippen LogP contribution in [0.15, 0.2) is 211 Å². The standard InChI is InChI=1S/C52H34N2O/c1-2-19-42-35(13-1)14-10-23-43(42)36-29-31-38(32-30-36)53(39-16-9-15-37(33-39)44-24-12-28-51-52(44)47-22-5-8-27-50(47)55-51)40-17-11-18-41(34-40)54-48-25-6-3-20-45(48)46-21-4-7-26-49(46)54/h1-34H. The summed E-state index contributed by atoms with van der Waals surface area (Å²) in [5.74, 6) is 0. The van der Waals surface area contributed by atoms with E-state index in [9.17, 15) is 0 Å². The van der Waals surface area contributed by atoms with Crippen molar-refractivity contribution < 1.29 is 4.42 Å². The summed E-state index contributed by atoms with van der Waals surface area (Å²) in [6, 6.07) is 74.0. The molecule has 0 saturated carbocycles. The van der Waals surface area contributed by atoms with Crippen LogP contribution in [0.3, 0.4) is 0 Å². The lowest BCUT2D eigenvalue weighted by atomic mass is 9.97. The maximum absolute atomic E-state index is 6.30. The van der Waals surface area contributed by atoms with Crippen molar-refractivity contribution >= 4 is 71.6 Å². The van der Waals surface area contributed by atoms with Crippen molar-refractivity contribution in [3.63, 3.8) is 0 Å². The molecule has 55 heavy (non-hydrogen) atoms. The van der Waals surface area contributed by atoms with Crippen LogP contribution in [0.2, 0.25) is 0 Å². The first-order chi connectivity index (χ1) is 27.3. The van der Waals surface area contributed by atoms with Crippen molar-refractivity contribution in [2.75, 3.05) is 4.90 Å². The summed E-state index contributed by atoms with van der Waals surface area (Å²) in [7, 11) is 0. The number of hydrogen-bond acceptors (Lipinski definition) is 2. The van der Waals surface area contributed by atoms with Gasteiger partial charge in [0.25, 0.3) is 0 Å². The van der Waals surface area contributed by atoms with E-state index >= 15 is 0 Å². The average molecular weight is 703 g/mol. The maximum atomic E-state index is 6.30. The van der Waals surface area contributed by atoms with E-state index < -0.39 is 0 Å². The van der Waals surface area contributed by atoms with Gasteiger partial charge in [0.1, 0.15) is 11.2 Å². The Balaban J connectivity index is 1.10. The lowest BCUT2D eigenvalue weighted by Crippen LogP contribution is -2.10. The molecule has 0 N–H and O–H groups in total. The number of hydrogen-bond donors (Lipinski definition) is 0. The van der Waals surface area contributed by atoms with Crippen molar-refractivity contribution in [3.8, 4) is 27.9 Å². The number of benzene rings is 9. The van der Waals surface area contributed by atoms with Gasteiger partial charge in [0.05, 0.1) is 11.0 Å². The zero-order valence-electron chi connectivity index (χ0n) is 29.9. The van der Waals surface area contributed by atoms with Crippen molar-refractivity contribution in [3.05, 3.63) is 206 Å². The molecule has 11 rings (SSSR count). The Labute approximate surface area is 318 Å². The predicted octanol–water partition coefficient (Wildman–Crippen LogP) is 14.6. The van der Waals surface area contributed by atoms with E-state index in [1.807, 2.05) is 12.1 Å². The van der Waals surface area contributed by atoms with E-state index in [1.54, 1.807) is 0 Å². The summed E-state index contributed by atoms with van der Waals surface area (Å²) >= 11 is 0. The molecule has 0 fully saturated rings. The van der Waals surface area contributed by atoms with Gasteiger partial charge in [-0.2, -0.15) is 0 Å². The van der Waals surface area contributed by atoms with Crippen molar-refractivity contribution in [1.82, 2.24) is 4.57 Å². The van der Waals surface area contributed by atoms with Gasteiger partial charge in [0.15, 0.2) is 0 Å². The second-order valence-electron chi connectivity index (χ2n) is 14.1. The lowest BCUT2D eigenvalue weighted by molar-refractivity contribution is 0.669. The zero-order chi connectivity index (χ0) is 36.3. The third-order valence-corrected chi connectivity index (χ3v) is 11.0. The molecule has 0 radical (unpaired) electrons. The van der Waals surface area contributed by atoms with Crippen LogP contribution in [0.1, 0.15) is 0 Å². The third kappa shape index (κ3) is 5.13. The SMILES string of the molecule is c1cc(-c2cccc3oc4ccccc4c23)cc(N(c2ccc(-c3cccc4ccccc34)cc2)c2cccc(-n3c4ccccc4c4ccccc43)c2)c1. The number of rotatable bonds is 6. The molecule has 2 heterocycles. The molecular weight excluding hydrogens is 669 g/mol. The largest absolute Gasteiger partial charge is 0.456 e. The van der Waals surface area contributed by atoms with Gasteiger partial charge in [0.2, 0.25) is 0 Å². The lowest BCUT2D eigenvalue weighted by Gasteiger charge is -2.27. The Kier molecular flexibility index (Phi) is 7.17.